The fourth-order valence-corrected chi connectivity index (χ4v) is 3.66. The molecule has 1 fully saturated rings. The predicted octanol–water partition coefficient (Wildman–Crippen LogP) is 2.21. The lowest BCUT2D eigenvalue weighted by molar-refractivity contribution is 0.0778. The number of likely N-dealkylation sites (N-methyl/N-ethyl adjacent to an activating group) is 1. The van der Waals surface area contributed by atoms with Gasteiger partial charge in [0.15, 0.2) is 0 Å². The monoisotopic (exact) mass is 372 g/mol. The van der Waals surface area contributed by atoms with Crippen molar-refractivity contribution in [1.82, 2.24) is 9.80 Å². The lowest BCUT2D eigenvalue weighted by atomic mass is 9.96. The molecular weight excluding hydrogens is 344 g/mol. The SMILES string of the molecule is COCCN(C)CC1CN(C(=O)c2ccc(-c3ccco3)cc2)CC1CO. The van der Waals surface area contributed by atoms with Crippen molar-refractivity contribution in [2.24, 2.45) is 11.8 Å². The fraction of sp³-hybridized carbons (Fsp3) is 0.476. The van der Waals surface area contributed by atoms with Crippen LogP contribution in [-0.4, -0.2) is 74.4 Å². The Morgan fingerprint density at radius 1 is 1.26 bits per heavy atom. The molecule has 0 saturated carbocycles. The second kappa shape index (κ2) is 9.17. The van der Waals surface area contributed by atoms with Crippen LogP contribution in [0.1, 0.15) is 10.4 Å². The van der Waals surface area contributed by atoms with Crippen molar-refractivity contribution in [1.29, 1.82) is 0 Å². The smallest absolute Gasteiger partial charge is 0.253 e. The standard InChI is InChI=1S/C21H28N2O4/c1-22(9-11-26-2)12-18-13-23(14-19(18)15-24)21(25)17-7-5-16(6-8-17)20-4-3-10-27-20/h3-8,10,18-19,24H,9,11-15H2,1-2H3. The summed E-state index contributed by atoms with van der Waals surface area (Å²) in [4.78, 5) is 17.0. The average Bonchev–Trinajstić information content (AvgIpc) is 3.36. The van der Waals surface area contributed by atoms with Crippen LogP contribution in [0.15, 0.2) is 47.1 Å². The van der Waals surface area contributed by atoms with E-state index in [0.29, 0.717) is 25.3 Å². The third kappa shape index (κ3) is 4.77. The van der Waals surface area contributed by atoms with E-state index in [-0.39, 0.29) is 24.3 Å². The number of carbonyl (C=O) groups is 1. The second-order valence-electron chi connectivity index (χ2n) is 7.22. The largest absolute Gasteiger partial charge is 0.464 e. The van der Waals surface area contributed by atoms with Gasteiger partial charge in [-0.3, -0.25) is 4.79 Å². The maximum Gasteiger partial charge on any atom is 0.253 e. The highest BCUT2D eigenvalue weighted by molar-refractivity contribution is 5.94. The van der Waals surface area contributed by atoms with Gasteiger partial charge >= 0.3 is 0 Å². The second-order valence-corrected chi connectivity index (χ2v) is 7.22. The quantitative estimate of drug-likeness (QED) is 0.770. The number of likely N-dealkylation sites (tertiary alicyclic amines) is 1. The van der Waals surface area contributed by atoms with E-state index in [4.69, 9.17) is 9.15 Å². The van der Waals surface area contributed by atoms with Gasteiger partial charge in [0.2, 0.25) is 0 Å². The number of ether oxygens (including phenoxy) is 1. The molecule has 2 unspecified atom stereocenters. The molecule has 0 spiro atoms. The number of aliphatic hydroxyl groups is 1. The number of methoxy groups -OCH3 is 1. The number of hydrogen-bond donors (Lipinski definition) is 1. The van der Waals surface area contributed by atoms with Gasteiger partial charge < -0.3 is 24.1 Å². The highest BCUT2D eigenvalue weighted by Gasteiger charge is 2.35. The van der Waals surface area contributed by atoms with Gasteiger partial charge in [0.05, 0.1) is 12.9 Å². The molecule has 2 heterocycles. The number of rotatable bonds is 8. The Morgan fingerprint density at radius 2 is 2.00 bits per heavy atom. The summed E-state index contributed by atoms with van der Waals surface area (Å²) in [6, 6.07) is 11.2. The Balaban J connectivity index is 1.63. The first-order valence-electron chi connectivity index (χ1n) is 9.34. The van der Waals surface area contributed by atoms with Crippen molar-refractivity contribution >= 4 is 5.91 Å². The first-order chi connectivity index (χ1) is 13.1. The molecule has 2 atom stereocenters. The molecule has 146 valence electrons. The van der Waals surface area contributed by atoms with Gasteiger partial charge in [-0.05, 0) is 37.2 Å². The molecule has 1 saturated heterocycles. The van der Waals surface area contributed by atoms with Gasteiger partial charge in [-0.25, -0.2) is 0 Å². The van der Waals surface area contributed by atoms with Crippen molar-refractivity contribution in [3.63, 3.8) is 0 Å². The Morgan fingerprint density at radius 3 is 2.63 bits per heavy atom. The van der Waals surface area contributed by atoms with Crippen LogP contribution in [-0.2, 0) is 4.74 Å². The minimum atomic E-state index is 0.0153. The Hall–Kier alpha value is -2.15. The first-order valence-corrected chi connectivity index (χ1v) is 9.34. The summed E-state index contributed by atoms with van der Waals surface area (Å²) in [5.41, 5.74) is 1.61. The topological polar surface area (TPSA) is 66.2 Å². The summed E-state index contributed by atoms with van der Waals surface area (Å²) in [6.07, 6.45) is 1.64. The van der Waals surface area contributed by atoms with Gasteiger partial charge in [-0.2, -0.15) is 0 Å². The number of furan rings is 1. The van der Waals surface area contributed by atoms with Gasteiger partial charge in [-0.1, -0.05) is 12.1 Å². The van der Waals surface area contributed by atoms with E-state index in [0.717, 1.165) is 24.4 Å². The number of carbonyl (C=O) groups excluding carboxylic acids is 1. The molecule has 0 bridgehead atoms. The molecule has 0 aliphatic carbocycles. The third-order valence-corrected chi connectivity index (χ3v) is 5.26. The molecule has 27 heavy (non-hydrogen) atoms. The molecule has 2 aromatic rings. The molecule has 1 N–H and O–H groups in total. The predicted molar refractivity (Wildman–Crippen MR) is 103 cm³/mol. The number of aliphatic hydroxyl groups excluding tert-OH is 1. The van der Waals surface area contributed by atoms with Gasteiger partial charge in [0, 0.05) is 56.9 Å². The molecule has 1 aliphatic heterocycles. The lowest BCUT2D eigenvalue weighted by Crippen LogP contribution is -2.33. The number of hydrogen-bond acceptors (Lipinski definition) is 5. The molecule has 0 radical (unpaired) electrons. The molecule has 6 nitrogen and oxygen atoms in total. The zero-order valence-electron chi connectivity index (χ0n) is 16.0. The zero-order valence-corrected chi connectivity index (χ0v) is 16.0. The summed E-state index contributed by atoms with van der Waals surface area (Å²) < 4.78 is 10.5. The Bertz CT molecular complexity index is 714. The van der Waals surface area contributed by atoms with Crippen molar-refractivity contribution in [3.05, 3.63) is 48.2 Å². The minimum Gasteiger partial charge on any atom is -0.464 e. The van der Waals surface area contributed by atoms with Crippen LogP contribution in [0.5, 0.6) is 0 Å². The number of amides is 1. The molecule has 3 rings (SSSR count). The van der Waals surface area contributed by atoms with Crippen LogP contribution in [0.4, 0.5) is 0 Å². The van der Waals surface area contributed by atoms with E-state index in [1.807, 2.05) is 48.3 Å². The van der Waals surface area contributed by atoms with Gasteiger partial charge in [-0.15, -0.1) is 0 Å². The maximum atomic E-state index is 12.9. The summed E-state index contributed by atoms with van der Waals surface area (Å²) in [6.45, 7) is 3.73. The lowest BCUT2D eigenvalue weighted by Gasteiger charge is -2.23. The van der Waals surface area contributed by atoms with Crippen LogP contribution in [0, 0.1) is 11.8 Å². The van der Waals surface area contributed by atoms with Crippen LogP contribution in [0.25, 0.3) is 11.3 Å². The first kappa shape index (κ1) is 19.6. The number of benzene rings is 1. The normalized spacial score (nSPS) is 19.8. The van der Waals surface area contributed by atoms with Crippen molar-refractivity contribution in [2.45, 2.75) is 0 Å². The van der Waals surface area contributed by atoms with E-state index >= 15 is 0 Å². The van der Waals surface area contributed by atoms with E-state index in [1.165, 1.54) is 0 Å². The van der Waals surface area contributed by atoms with Gasteiger partial charge in [0.1, 0.15) is 5.76 Å². The van der Waals surface area contributed by atoms with Crippen LogP contribution < -0.4 is 0 Å². The summed E-state index contributed by atoms with van der Waals surface area (Å²) in [7, 11) is 3.74. The Kier molecular flexibility index (Phi) is 6.66. The highest BCUT2D eigenvalue weighted by atomic mass is 16.5. The maximum absolute atomic E-state index is 12.9. The van der Waals surface area contributed by atoms with Crippen molar-refractivity contribution in [2.75, 3.05) is 53.6 Å². The van der Waals surface area contributed by atoms with Crippen LogP contribution in [0.2, 0.25) is 0 Å². The van der Waals surface area contributed by atoms with E-state index in [9.17, 15) is 9.90 Å². The molecule has 6 heteroatoms. The number of nitrogens with zero attached hydrogens (tertiary/aromatic N) is 2. The fourth-order valence-electron chi connectivity index (χ4n) is 3.66. The molecule has 1 aliphatic rings. The zero-order chi connectivity index (χ0) is 19.2. The molecular formula is C21H28N2O4. The van der Waals surface area contributed by atoms with Crippen LogP contribution in [0.3, 0.4) is 0 Å². The van der Waals surface area contributed by atoms with Crippen molar-refractivity contribution in [3.8, 4) is 11.3 Å². The van der Waals surface area contributed by atoms with Crippen LogP contribution >= 0.6 is 0 Å². The highest BCUT2D eigenvalue weighted by Crippen LogP contribution is 2.26. The van der Waals surface area contributed by atoms with E-state index < -0.39 is 0 Å². The molecule has 1 aromatic heterocycles. The average molecular weight is 372 g/mol. The van der Waals surface area contributed by atoms with Gasteiger partial charge in [0.25, 0.3) is 5.91 Å². The molecule has 1 aromatic carbocycles. The molecule has 1 amide bonds. The Labute approximate surface area is 160 Å². The summed E-state index contributed by atoms with van der Waals surface area (Å²) in [5.74, 6) is 1.18. The van der Waals surface area contributed by atoms with E-state index in [1.54, 1.807) is 13.4 Å². The van der Waals surface area contributed by atoms with Crippen molar-refractivity contribution < 1.29 is 19.1 Å². The van der Waals surface area contributed by atoms with E-state index in [2.05, 4.69) is 4.90 Å². The summed E-state index contributed by atoms with van der Waals surface area (Å²) in [5, 5.41) is 9.75. The minimum absolute atomic E-state index is 0.0153. The third-order valence-electron chi connectivity index (χ3n) is 5.26. The summed E-state index contributed by atoms with van der Waals surface area (Å²) >= 11 is 0.